The van der Waals surface area contributed by atoms with E-state index in [0.29, 0.717) is 23.3 Å². The Morgan fingerprint density at radius 1 is 1.40 bits per heavy atom. The fourth-order valence-electron chi connectivity index (χ4n) is 2.77. The standard InChI is InChI=1S/C16H29N3O/c1-6-7-17-12(8-11(2)3)9-14-18-15(19-20-14)13-10-16(13,4)5/h11-13,17H,6-10H2,1-5H3. The average Bonchev–Trinajstić information content (AvgIpc) is 2.80. The van der Waals surface area contributed by atoms with Crippen molar-refractivity contribution in [1.29, 1.82) is 0 Å². The van der Waals surface area contributed by atoms with Crippen LogP contribution in [0.4, 0.5) is 0 Å². The van der Waals surface area contributed by atoms with Crippen LogP contribution in [-0.2, 0) is 6.42 Å². The topological polar surface area (TPSA) is 51.0 Å². The van der Waals surface area contributed by atoms with Crippen molar-refractivity contribution in [1.82, 2.24) is 15.5 Å². The van der Waals surface area contributed by atoms with Crippen LogP contribution in [0.1, 0.15) is 71.5 Å². The van der Waals surface area contributed by atoms with E-state index in [1.807, 2.05) is 0 Å². The van der Waals surface area contributed by atoms with E-state index in [9.17, 15) is 0 Å². The number of rotatable bonds is 8. The maximum absolute atomic E-state index is 5.45. The van der Waals surface area contributed by atoms with Gasteiger partial charge in [0.05, 0.1) is 0 Å². The fraction of sp³-hybridized carbons (Fsp3) is 0.875. The number of aromatic nitrogens is 2. The van der Waals surface area contributed by atoms with E-state index in [1.165, 1.54) is 6.42 Å². The van der Waals surface area contributed by atoms with Gasteiger partial charge in [0.15, 0.2) is 5.82 Å². The van der Waals surface area contributed by atoms with E-state index < -0.39 is 0 Å². The molecule has 1 fully saturated rings. The number of nitrogens with zero attached hydrogens (tertiary/aromatic N) is 2. The van der Waals surface area contributed by atoms with E-state index in [4.69, 9.17) is 4.52 Å². The van der Waals surface area contributed by atoms with Gasteiger partial charge in [-0.25, -0.2) is 0 Å². The molecule has 0 aliphatic heterocycles. The minimum absolute atomic E-state index is 0.360. The molecule has 1 aromatic heterocycles. The Labute approximate surface area is 122 Å². The number of hydrogen-bond donors (Lipinski definition) is 1. The summed E-state index contributed by atoms with van der Waals surface area (Å²) in [5.74, 6) is 2.86. The zero-order valence-electron chi connectivity index (χ0n) is 13.6. The summed E-state index contributed by atoms with van der Waals surface area (Å²) in [5.41, 5.74) is 0.360. The Balaban J connectivity index is 1.92. The van der Waals surface area contributed by atoms with Gasteiger partial charge in [0.25, 0.3) is 0 Å². The third-order valence-corrected chi connectivity index (χ3v) is 4.17. The highest BCUT2D eigenvalue weighted by molar-refractivity contribution is 5.14. The summed E-state index contributed by atoms with van der Waals surface area (Å²) in [6.45, 7) is 12.3. The lowest BCUT2D eigenvalue weighted by Gasteiger charge is -2.18. The molecule has 1 aliphatic rings. The van der Waals surface area contributed by atoms with Gasteiger partial charge in [0.1, 0.15) is 0 Å². The maximum atomic E-state index is 5.45. The van der Waals surface area contributed by atoms with E-state index in [0.717, 1.165) is 37.5 Å². The molecule has 1 aromatic rings. The molecule has 1 saturated carbocycles. The second-order valence-electron chi connectivity index (χ2n) is 7.28. The normalized spacial score (nSPS) is 22.2. The average molecular weight is 279 g/mol. The molecule has 4 nitrogen and oxygen atoms in total. The molecule has 20 heavy (non-hydrogen) atoms. The van der Waals surface area contributed by atoms with Gasteiger partial charge in [0, 0.05) is 18.4 Å². The summed E-state index contributed by atoms with van der Waals surface area (Å²) in [7, 11) is 0. The van der Waals surface area contributed by atoms with E-state index in [2.05, 4.69) is 50.1 Å². The van der Waals surface area contributed by atoms with Crippen molar-refractivity contribution in [3.8, 4) is 0 Å². The molecule has 4 heteroatoms. The Morgan fingerprint density at radius 3 is 2.65 bits per heavy atom. The monoisotopic (exact) mass is 279 g/mol. The molecule has 0 bridgehead atoms. The second kappa shape index (κ2) is 6.25. The van der Waals surface area contributed by atoms with Gasteiger partial charge in [-0.05, 0) is 37.1 Å². The predicted molar refractivity (Wildman–Crippen MR) is 80.7 cm³/mol. The summed E-state index contributed by atoms with van der Waals surface area (Å²) >= 11 is 0. The molecule has 114 valence electrons. The lowest BCUT2D eigenvalue weighted by Crippen LogP contribution is -2.33. The van der Waals surface area contributed by atoms with Crippen molar-refractivity contribution in [3.63, 3.8) is 0 Å². The molecule has 1 heterocycles. The molecular weight excluding hydrogens is 250 g/mol. The van der Waals surface area contributed by atoms with Gasteiger partial charge in [-0.15, -0.1) is 0 Å². The zero-order chi connectivity index (χ0) is 14.8. The van der Waals surface area contributed by atoms with Crippen molar-refractivity contribution >= 4 is 0 Å². The van der Waals surface area contributed by atoms with Crippen LogP contribution in [-0.4, -0.2) is 22.7 Å². The highest BCUT2D eigenvalue weighted by atomic mass is 16.5. The Bertz CT molecular complexity index is 425. The van der Waals surface area contributed by atoms with Crippen LogP contribution < -0.4 is 5.32 Å². The highest BCUT2D eigenvalue weighted by Gasteiger charge is 2.49. The first-order valence-corrected chi connectivity index (χ1v) is 7.98. The lowest BCUT2D eigenvalue weighted by molar-refractivity contribution is 0.335. The second-order valence-corrected chi connectivity index (χ2v) is 7.28. The third-order valence-electron chi connectivity index (χ3n) is 4.17. The van der Waals surface area contributed by atoms with Crippen molar-refractivity contribution in [2.45, 2.75) is 72.3 Å². The Hall–Kier alpha value is -0.900. The molecule has 0 saturated heterocycles. The first kappa shape index (κ1) is 15.5. The van der Waals surface area contributed by atoms with E-state index >= 15 is 0 Å². The largest absolute Gasteiger partial charge is 0.339 e. The van der Waals surface area contributed by atoms with Crippen LogP contribution in [0.15, 0.2) is 4.52 Å². The molecule has 0 amide bonds. The smallest absolute Gasteiger partial charge is 0.228 e. The SMILES string of the molecule is CCCNC(Cc1nc(C2CC2(C)C)no1)CC(C)C. The van der Waals surface area contributed by atoms with Gasteiger partial charge in [-0.3, -0.25) is 0 Å². The summed E-state index contributed by atoms with van der Waals surface area (Å²) < 4.78 is 5.45. The first-order chi connectivity index (χ1) is 9.42. The lowest BCUT2D eigenvalue weighted by atomic mass is 10.0. The van der Waals surface area contributed by atoms with Gasteiger partial charge in [-0.1, -0.05) is 39.8 Å². The highest BCUT2D eigenvalue weighted by Crippen LogP contribution is 2.57. The Morgan fingerprint density at radius 2 is 2.10 bits per heavy atom. The van der Waals surface area contributed by atoms with Crippen LogP contribution in [0.2, 0.25) is 0 Å². The number of hydrogen-bond acceptors (Lipinski definition) is 4. The predicted octanol–water partition coefficient (Wildman–Crippen LogP) is 3.54. The van der Waals surface area contributed by atoms with Gasteiger partial charge >= 0.3 is 0 Å². The molecule has 0 spiro atoms. The van der Waals surface area contributed by atoms with Gasteiger partial charge < -0.3 is 9.84 Å². The fourth-order valence-corrected chi connectivity index (χ4v) is 2.77. The molecule has 1 aliphatic carbocycles. The molecule has 2 atom stereocenters. The van der Waals surface area contributed by atoms with Crippen molar-refractivity contribution in [2.24, 2.45) is 11.3 Å². The molecular formula is C16H29N3O. The summed E-state index contributed by atoms with van der Waals surface area (Å²) in [6, 6.07) is 0.440. The zero-order valence-corrected chi connectivity index (χ0v) is 13.6. The Kier molecular flexibility index (Phi) is 4.84. The van der Waals surface area contributed by atoms with E-state index in [1.54, 1.807) is 0 Å². The van der Waals surface area contributed by atoms with Crippen LogP contribution in [0.3, 0.4) is 0 Å². The summed E-state index contributed by atoms with van der Waals surface area (Å²) in [5, 5.41) is 7.76. The van der Waals surface area contributed by atoms with Gasteiger partial charge in [-0.2, -0.15) is 4.98 Å². The molecule has 2 unspecified atom stereocenters. The molecule has 0 aromatic carbocycles. The minimum Gasteiger partial charge on any atom is -0.339 e. The van der Waals surface area contributed by atoms with Crippen molar-refractivity contribution in [3.05, 3.63) is 11.7 Å². The van der Waals surface area contributed by atoms with Crippen LogP contribution >= 0.6 is 0 Å². The minimum atomic E-state index is 0.360. The van der Waals surface area contributed by atoms with Gasteiger partial charge in [0.2, 0.25) is 5.89 Å². The van der Waals surface area contributed by atoms with Crippen molar-refractivity contribution < 1.29 is 4.52 Å². The molecule has 0 radical (unpaired) electrons. The molecule has 1 N–H and O–H groups in total. The number of nitrogens with one attached hydrogen (secondary N) is 1. The quantitative estimate of drug-likeness (QED) is 0.790. The third kappa shape index (κ3) is 4.05. The molecule has 2 rings (SSSR count). The van der Waals surface area contributed by atoms with Crippen LogP contribution in [0.5, 0.6) is 0 Å². The van der Waals surface area contributed by atoms with Crippen LogP contribution in [0, 0.1) is 11.3 Å². The van der Waals surface area contributed by atoms with E-state index in [-0.39, 0.29) is 0 Å². The summed E-state index contributed by atoms with van der Waals surface area (Å²) in [6.07, 6.45) is 4.32. The summed E-state index contributed by atoms with van der Waals surface area (Å²) in [4.78, 5) is 4.61. The first-order valence-electron chi connectivity index (χ1n) is 7.98. The van der Waals surface area contributed by atoms with Crippen molar-refractivity contribution in [2.75, 3.05) is 6.54 Å². The maximum Gasteiger partial charge on any atom is 0.228 e. The van der Waals surface area contributed by atoms with Crippen LogP contribution in [0.25, 0.3) is 0 Å².